The molecule has 1 aromatic carbocycles. The Labute approximate surface area is 127 Å². The van der Waals surface area contributed by atoms with Crippen LogP contribution in [0.4, 0.5) is 0 Å². The van der Waals surface area contributed by atoms with Crippen LogP contribution in [0.15, 0.2) is 30.3 Å². The molecule has 0 heterocycles. The predicted octanol–water partition coefficient (Wildman–Crippen LogP) is 2.36. The van der Waals surface area contributed by atoms with Gasteiger partial charge in [-0.2, -0.15) is 8.42 Å². The van der Waals surface area contributed by atoms with Crippen molar-refractivity contribution in [1.29, 1.82) is 0 Å². The lowest BCUT2D eigenvalue weighted by Gasteiger charge is -2.11. The largest absolute Gasteiger partial charge is 0.381 e. The SMILES string of the molecule is C[C@@H](CCOCCCOCc1ccccc1)OS(C)(=O)=O. The third-order valence-corrected chi connectivity index (χ3v) is 3.37. The summed E-state index contributed by atoms with van der Waals surface area (Å²) in [7, 11) is -3.38. The van der Waals surface area contributed by atoms with Gasteiger partial charge in [0.2, 0.25) is 0 Å². The van der Waals surface area contributed by atoms with E-state index in [1.807, 2.05) is 30.3 Å². The first-order chi connectivity index (χ1) is 9.97. The maximum Gasteiger partial charge on any atom is 0.264 e. The third-order valence-electron chi connectivity index (χ3n) is 2.70. The van der Waals surface area contributed by atoms with Gasteiger partial charge in [-0.05, 0) is 25.3 Å². The highest BCUT2D eigenvalue weighted by Gasteiger charge is 2.09. The van der Waals surface area contributed by atoms with Crippen LogP contribution in [0.2, 0.25) is 0 Å². The number of ether oxygens (including phenoxy) is 2. The molecule has 1 aromatic rings. The fourth-order valence-corrected chi connectivity index (χ4v) is 2.42. The van der Waals surface area contributed by atoms with E-state index < -0.39 is 10.1 Å². The average molecular weight is 316 g/mol. The summed E-state index contributed by atoms with van der Waals surface area (Å²) in [6.45, 7) is 4.05. The minimum atomic E-state index is -3.38. The van der Waals surface area contributed by atoms with Crippen LogP contribution < -0.4 is 0 Å². The summed E-state index contributed by atoms with van der Waals surface area (Å²) in [5.41, 5.74) is 1.16. The lowest BCUT2D eigenvalue weighted by atomic mass is 10.2. The summed E-state index contributed by atoms with van der Waals surface area (Å²) < 4.78 is 37.5. The molecule has 0 radical (unpaired) electrons. The summed E-state index contributed by atoms with van der Waals surface area (Å²) in [6, 6.07) is 10.0. The molecule has 0 bridgehead atoms. The van der Waals surface area contributed by atoms with Crippen molar-refractivity contribution in [3.8, 4) is 0 Å². The molecular formula is C15H24O5S. The number of hydrogen-bond donors (Lipinski definition) is 0. The molecule has 0 saturated heterocycles. The van der Waals surface area contributed by atoms with E-state index in [1.165, 1.54) is 0 Å². The van der Waals surface area contributed by atoms with E-state index in [4.69, 9.17) is 13.7 Å². The molecule has 0 saturated carbocycles. The summed E-state index contributed by atoms with van der Waals surface area (Å²) in [5.74, 6) is 0. The van der Waals surface area contributed by atoms with Crippen molar-refractivity contribution < 1.29 is 22.1 Å². The van der Waals surface area contributed by atoms with Gasteiger partial charge in [0.1, 0.15) is 0 Å². The molecule has 0 aromatic heterocycles. The van der Waals surface area contributed by atoms with Gasteiger partial charge in [0.25, 0.3) is 10.1 Å². The Bertz CT molecular complexity index is 472. The highest BCUT2D eigenvalue weighted by molar-refractivity contribution is 7.86. The highest BCUT2D eigenvalue weighted by atomic mass is 32.2. The second-order valence-corrected chi connectivity index (χ2v) is 6.50. The van der Waals surface area contributed by atoms with Crippen LogP contribution in [0.3, 0.4) is 0 Å². The van der Waals surface area contributed by atoms with Crippen molar-refractivity contribution in [2.45, 2.75) is 32.5 Å². The second-order valence-electron chi connectivity index (χ2n) is 4.90. The van der Waals surface area contributed by atoms with Crippen molar-refractivity contribution >= 4 is 10.1 Å². The van der Waals surface area contributed by atoms with Gasteiger partial charge in [-0.1, -0.05) is 30.3 Å². The van der Waals surface area contributed by atoms with Crippen LogP contribution in [0.5, 0.6) is 0 Å². The molecule has 21 heavy (non-hydrogen) atoms. The van der Waals surface area contributed by atoms with Gasteiger partial charge < -0.3 is 9.47 Å². The van der Waals surface area contributed by atoms with Gasteiger partial charge in [-0.3, -0.25) is 4.18 Å². The van der Waals surface area contributed by atoms with E-state index in [9.17, 15) is 8.42 Å². The molecule has 0 N–H and O–H groups in total. The van der Waals surface area contributed by atoms with Gasteiger partial charge in [-0.25, -0.2) is 0 Å². The van der Waals surface area contributed by atoms with Crippen molar-refractivity contribution in [3.05, 3.63) is 35.9 Å². The van der Waals surface area contributed by atoms with E-state index in [0.29, 0.717) is 32.8 Å². The van der Waals surface area contributed by atoms with Crippen molar-refractivity contribution in [1.82, 2.24) is 0 Å². The van der Waals surface area contributed by atoms with Crippen LogP contribution >= 0.6 is 0 Å². The second kappa shape index (κ2) is 9.89. The molecule has 0 aliphatic heterocycles. The van der Waals surface area contributed by atoms with E-state index >= 15 is 0 Å². The molecule has 0 spiro atoms. The first kappa shape index (κ1) is 18.1. The Kier molecular flexibility index (Phi) is 8.52. The normalized spacial score (nSPS) is 13.2. The predicted molar refractivity (Wildman–Crippen MR) is 81.5 cm³/mol. The molecular weight excluding hydrogens is 292 g/mol. The first-order valence-corrected chi connectivity index (χ1v) is 8.86. The van der Waals surface area contributed by atoms with Crippen LogP contribution in [-0.2, 0) is 30.4 Å². The summed E-state index contributed by atoms with van der Waals surface area (Å²) in [6.07, 6.45) is 2.06. The van der Waals surface area contributed by atoms with E-state index in [-0.39, 0.29) is 6.10 Å². The van der Waals surface area contributed by atoms with Gasteiger partial charge >= 0.3 is 0 Å². The average Bonchev–Trinajstić information content (AvgIpc) is 2.41. The van der Waals surface area contributed by atoms with Crippen LogP contribution in [-0.4, -0.2) is 40.6 Å². The van der Waals surface area contributed by atoms with E-state index in [2.05, 4.69) is 0 Å². The molecule has 6 heteroatoms. The zero-order chi connectivity index (χ0) is 15.6. The minimum Gasteiger partial charge on any atom is -0.381 e. The molecule has 0 amide bonds. The third kappa shape index (κ3) is 10.4. The van der Waals surface area contributed by atoms with Gasteiger partial charge in [0.05, 0.1) is 19.0 Å². The van der Waals surface area contributed by atoms with Gasteiger partial charge in [-0.15, -0.1) is 0 Å². The lowest BCUT2D eigenvalue weighted by Crippen LogP contribution is -2.16. The molecule has 5 nitrogen and oxygen atoms in total. The van der Waals surface area contributed by atoms with Crippen LogP contribution in [0.25, 0.3) is 0 Å². The summed E-state index contributed by atoms with van der Waals surface area (Å²) >= 11 is 0. The zero-order valence-corrected chi connectivity index (χ0v) is 13.5. The Morgan fingerprint density at radius 2 is 1.71 bits per heavy atom. The van der Waals surface area contributed by atoms with Gasteiger partial charge in [0, 0.05) is 19.8 Å². The van der Waals surface area contributed by atoms with E-state index in [1.54, 1.807) is 6.92 Å². The maximum atomic E-state index is 10.9. The van der Waals surface area contributed by atoms with Crippen LogP contribution in [0.1, 0.15) is 25.3 Å². The molecule has 0 aliphatic carbocycles. The molecule has 0 unspecified atom stereocenters. The Hall–Kier alpha value is -0.950. The zero-order valence-electron chi connectivity index (χ0n) is 12.7. The highest BCUT2D eigenvalue weighted by Crippen LogP contribution is 2.03. The van der Waals surface area contributed by atoms with Crippen molar-refractivity contribution in [2.24, 2.45) is 0 Å². The minimum absolute atomic E-state index is 0.352. The molecule has 1 rings (SSSR count). The first-order valence-electron chi connectivity index (χ1n) is 7.05. The molecule has 120 valence electrons. The Balaban J connectivity index is 1.93. The quantitative estimate of drug-likeness (QED) is 0.463. The van der Waals surface area contributed by atoms with Crippen molar-refractivity contribution in [3.63, 3.8) is 0 Å². The Morgan fingerprint density at radius 1 is 1.05 bits per heavy atom. The van der Waals surface area contributed by atoms with Gasteiger partial charge in [0.15, 0.2) is 0 Å². The van der Waals surface area contributed by atoms with Crippen LogP contribution in [0, 0.1) is 0 Å². The fraction of sp³-hybridized carbons (Fsp3) is 0.600. The maximum absolute atomic E-state index is 10.9. The summed E-state index contributed by atoms with van der Waals surface area (Å²) in [4.78, 5) is 0. The number of rotatable bonds is 11. The number of benzene rings is 1. The molecule has 0 fully saturated rings. The molecule has 0 aliphatic rings. The fourth-order valence-electron chi connectivity index (χ4n) is 1.73. The number of hydrogen-bond acceptors (Lipinski definition) is 5. The van der Waals surface area contributed by atoms with Crippen molar-refractivity contribution in [2.75, 3.05) is 26.1 Å². The monoisotopic (exact) mass is 316 g/mol. The summed E-state index contributed by atoms with van der Waals surface area (Å²) in [5, 5.41) is 0. The topological polar surface area (TPSA) is 61.8 Å². The standard InChI is InChI=1S/C15H24O5S/c1-14(20-21(2,16)17)9-12-18-10-6-11-19-13-15-7-4-3-5-8-15/h3-5,7-8,14H,6,9-13H2,1-2H3/t14-/m0/s1. The lowest BCUT2D eigenvalue weighted by molar-refractivity contribution is 0.0647. The molecule has 1 atom stereocenters. The Morgan fingerprint density at radius 3 is 2.38 bits per heavy atom. The smallest absolute Gasteiger partial charge is 0.264 e. The van der Waals surface area contributed by atoms with E-state index in [0.717, 1.165) is 18.2 Å².